The number of carbonyl (C=O) groups excluding carboxylic acids is 3. The van der Waals surface area contributed by atoms with Crippen LogP contribution in [0.1, 0.15) is 52.9 Å². The molecule has 0 radical (unpaired) electrons. The van der Waals surface area contributed by atoms with E-state index in [0.717, 1.165) is 6.42 Å². The minimum absolute atomic E-state index is 0.00207. The van der Waals surface area contributed by atoms with Gasteiger partial charge in [0, 0.05) is 25.9 Å². The fraction of sp³-hybridized carbons (Fsp3) is 0.824. The Morgan fingerprint density at radius 3 is 2.25 bits per heavy atom. The minimum Gasteiger partial charge on any atom is -0.462 e. The van der Waals surface area contributed by atoms with Crippen LogP contribution < -0.4 is 0 Å². The zero-order chi connectivity index (χ0) is 21.4. The third-order valence-electron chi connectivity index (χ3n) is 3.20. The first kappa shape index (κ1) is 26.7. The van der Waals surface area contributed by atoms with Crippen LogP contribution in [-0.4, -0.2) is 61.8 Å². The topological polar surface area (TPSA) is 135 Å². The van der Waals surface area contributed by atoms with E-state index in [1.807, 2.05) is 6.92 Å². The Hall–Kier alpha value is -1.32. The highest BCUT2D eigenvalue weighted by atomic mass is 31.2. The first-order valence-electron chi connectivity index (χ1n) is 9.30. The van der Waals surface area contributed by atoms with Crippen molar-refractivity contribution in [3.63, 3.8) is 0 Å². The molecule has 28 heavy (non-hydrogen) atoms. The maximum absolute atomic E-state index is 11.9. The van der Waals surface area contributed by atoms with E-state index in [1.54, 1.807) is 13.8 Å². The van der Waals surface area contributed by atoms with Crippen molar-refractivity contribution in [2.45, 2.75) is 59.0 Å². The van der Waals surface area contributed by atoms with E-state index in [0.29, 0.717) is 6.61 Å². The lowest BCUT2D eigenvalue weighted by Gasteiger charge is -2.19. The number of Topliss-reactive ketones (excluding diaryl/α,β-unsaturated/α-hetero) is 1. The summed E-state index contributed by atoms with van der Waals surface area (Å²) in [6, 6.07) is 0. The van der Waals surface area contributed by atoms with Crippen LogP contribution in [0.2, 0.25) is 0 Å². The zero-order valence-electron chi connectivity index (χ0n) is 16.7. The summed E-state index contributed by atoms with van der Waals surface area (Å²) in [6.45, 7) is 4.65. The third-order valence-corrected chi connectivity index (χ3v) is 4.18. The molecule has 0 aliphatic rings. The first-order valence-corrected chi connectivity index (χ1v) is 10.8. The Morgan fingerprint density at radius 2 is 1.64 bits per heavy atom. The molecule has 0 aliphatic heterocycles. The van der Waals surface area contributed by atoms with Gasteiger partial charge in [0.2, 0.25) is 0 Å². The summed E-state index contributed by atoms with van der Waals surface area (Å²) in [4.78, 5) is 43.8. The normalized spacial score (nSPS) is 14.1. The van der Waals surface area contributed by atoms with Crippen LogP contribution in [0, 0.1) is 0 Å². The number of ether oxygens (including phenoxy) is 3. The lowest BCUT2D eigenvalue weighted by molar-refractivity contribution is -0.160. The average molecular weight is 426 g/mol. The van der Waals surface area contributed by atoms with E-state index in [-0.39, 0.29) is 51.3 Å². The lowest BCUT2D eigenvalue weighted by Crippen LogP contribution is -2.29. The summed E-state index contributed by atoms with van der Waals surface area (Å²) in [7, 11) is -4.41. The molecule has 164 valence electrons. The highest BCUT2D eigenvalue weighted by Gasteiger charge is 2.25. The van der Waals surface area contributed by atoms with Gasteiger partial charge in [-0.05, 0) is 12.8 Å². The van der Waals surface area contributed by atoms with E-state index in [9.17, 15) is 23.8 Å². The average Bonchev–Trinajstić information content (AvgIpc) is 2.67. The van der Waals surface area contributed by atoms with E-state index in [2.05, 4.69) is 0 Å². The highest BCUT2D eigenvalue weighted by Crippen LogP contribution is 2.43. The Bertz CT molecular complexity index is 522. The molecule has 0 aromatic heterocycles. The lowest BCUT2D eigenvalue weighted by atomic mass is 10.2. The zero-order valence-corrected chi connectivity index (χ0v) is 17.6. The van der Waals surface area contributed by atoms with Gasteiger partial charge < -0.3 is 19.1 Å². The molecule has 2 unspecified atom stereocenters. The minimum atomic E-state index is -4.41. The fourth-order valence-corrected chi connectivity index (χ4v) is 2.53. The number of hydrogen-bond acceptors (Lipinski definition) is 9. The van der Waals surface area contributed by atoms with Crippen LogP contribution >= 0.6 is 7.82 Å². The Kier molecular flexibility index (Phi) is 14.9. The van der Waals surface area contributed by atoms with Crippen molar-refractivity contribution in [2.75, 3.05) is 33.0 Å². The standard InChI is InChI=1S/C17H31O10P/c1-4-9-23-11-14(18)8-7-10-25-28(21,22)26-13-15(27-17(20)6-3)12-24-16(19)5-2/h15H,4-13H2,1-3H3,(H,21,22). The van der Waals surface area contributed by atoms with Gasteiger partial charge in [0.25, 0.3) is 0 Å². The maximum atomic E-state index is 11.9. The number of ketones is 1. The Labute approximate surface area is 165 Å². The second kappa shape index (κ2) is 15.6. The summed E-state index contributed by atoms with van der Waals surface area (Å²) in [5.74, 6) is -1.21. The summed E-state index contributed by atoms with van der Waals surface area (Å²) in [5.41, 5.74) is 0. The molecule has 11 heteroatoms. The summed E-state index contributed by atoms with van der Waals surface area (Å²) in [5, 5.41) is 0. The van der Waals surface area contributed by atoms with Crippen molar-refractivity contribution >= 4 is 25.5 Å². The van der Waals surface area contributed by atoms with Crippen LogP contribution in [0.25, 0.3) is 0 Å². The van der Waals surface area contributed by atoms with Gasteiger partial charge in [-0.1, -0.05) is 20.8 Å². The highest BCUT2D eigenvalue weighted by molar-refractivity contribution is 7.47. The number of phosphoric acid groups is 1. The molecular weight excluding hydrogens is 395 g/mol. The number of esters is 2. The molecule has 0 amide bonds. The van der Waals surface area contributed by atoms with Gasteiger partial charge in [0.05, 0.1) is 13.2 Å². The third kappa shape index (κ3) is 14.7. The van der Waals surface area contributed by atoms with Crippen molar-refractivity contribution in [2.24, 2.45) is 0 Å². The van der Waals surface area contributed by atoms with Crippen LogP contribution in [0.5, 0.6) is 0 Å². The Balaban J connectivity index is 4.26. The van der Waals surface area contributed by atoms with Gasteiger partial charge in [-0.2, -0.15) is 0 Å². The van der Waals surface area contributed by atoms with Crippen molar-refractivity contribution in [1.29, 1.82) is 0 Å². The number of hydrogen-bond donors (Lipinski definition) is 1. The molecule has 0 bridgehead atoms. The predicted molar refractivity (Wildman–Crippen MR) is 98.5 cm³/mol. The van der Waals surface area contributed by atoms with Crippen LogP contribution in [0.15, 0.2) is 0 Å². The second-order valence-corrected chi connectivity index (χ2v) is 7.25. The monoisotopic (exact) mass is 426 g/mol. The predicted octanol–water partition coefficient (Wildman–Crippen LogP) is 2.17. The molecule has 0 aromatic rings. The molecule has 2 atom stereocenters. The largest absolute Gasteiger partial charge is 0.472 e. The van der Waals surface area contributed by atoms with Gasteiger partial charge >= 0.3 is 19.8 Å². The molecule has 0 spiro atoms. The second-order valence-electron chi connectivity index (χ2n) is 5.79. The van der Waals surface area contributed by atoms with Crippen LogP contribution in [0.4, 0.5) is 0 Å². The van der Waals surface area contributed by atoms with Crippen molar-refractivity contribution in [3.05, 3.63) is 0 Å². The SMILES string of the molecule is CCCOCC(=O)CCCOP(=O)(O)OCC(COC(=O)CC)OC(=O)CC. The van der Waals surface area contributed by atoms with Gasteiger partial charge in [-0.15, -0.1) is 0 Å². The van der Waals surface area contributed by atoms with Gasteiger partial charge in [-0.3, -0.25) is 23.4 Å². The Morgan fingerprint density at radius 1 is 0.964 bits per heavy atom. The molecule has 0 rings (SSSR count). The van der Waals surface area contributed by atoms with Gasteiger partial charge in [0.1, 0.15) is 13.2 Å². The van der Waals surface area contributed by atoms with Gasteiger partial charge in [-0.25, -0.2) is 4.57 Å². The number of phosphoric ester groups is 1. The molecule has 0 aliphatic carbocycles. The molecule has 0 aromatic carbocycles. The quantitative estimate of drug-likeness (QED) is 0.209. The summed E-state index contributed by atoms with van der Waals surface area (Å²) in [6.07, 6.45) is 0.371. The fourth-order valence-electron chi connectivity index (χ4n) is 1.74. The van der Waals surface area contributed by atoms with Crippen molar-refractivity contribution < 1.29 is 47.1 Å². The smallest absolute Gasteiger partial charge is 0.462 e. The molecular formula is C17H31O10P. The van der Waals surface area contributed by atoms with E-state index >= 15 is 0 Å². The summed E-state index contributed by atoms with van der Waals surface area (Å²) >= 11 is 0. The van der Waals surface area contributed by atoms with Gasteiger partial charge in [0.15, 0.2) is 11.9 Å². The van der Waals surface area contributed by atoms with Crippen LogP contribution in [-0.2, 0) is 42.2 Å². The van der Waals surface area contributed by atoms with Crippen LogP contribution in [0.3, 0.4) is 0 Å². The molecule has 10 nitrogen and oxygen atoms in total. The van der Waals surface area contributed by atoms with Crippen molar-refractivity contribution in [3.8, 4) is 0 Å². The molecule has 0 saturated heterocycles. The number of carbonyl (C=O) groups is 3. The first-order chi connectivity index (χ1) is 13.2. The molecule has 0 heterocycles. The molecule has 1 N–H and O–H groups in total. The van der Waals surface area contributed by atoms with Crippen molar-refractivity contribution in [1.82, 2.24) is 0 Å². The van der Waals surface area contributed by atoms with E-state index < -0.39 is 32.5 Å². The van der Waals surface area contributed by atoms with E-state index in [4.69, 9.17) is 23.3 Å². The number of rotatable bonds is 17. The molecule has 0 saturated carbocycles. The maximum Gasteiger partial charge on any atom is 0.472 e. The van der Waals surface area contributed by atoms with E-state index in [1.165, 1.54) is 0 Å². The summed E-state index contributed by atoms with van der Waals surface area (Å²) < 4.78 is 36.4. The molecule has 0 fully saturated rings.